The average molecular weight is 333 g/mol. The smallest absolute Gasteiger partial charge is 0.322 e. The molecule has 1 saturated heterocycles. The van der Waals surface area contributed by atoms with Crippen LogP contribution >= 0.6 is 11.8 Å². The fourth-order valence-corrected chi connectivity index (χ4v) is 5.95. The molecular weight excluding hydrogens is 317 g/mol. The highest BCUT2D eigenvalue weighted by atomic mass is 32.2. The summed E-state index contributed by atoms with van der Waals surface area (Å²) in [7, 11) is -4.04. The Morgan fingerprint density at radius 3 is 2.81 bits per heavy atom. The molecule has 2 rings (SSSR count). The molecule has 1 aromatic carbocycles. The van der Waals surface area contributed by atoms with Crippen molar-refractivity contribution in [2.75, 3.05) is 5.75 Å². The minimum absolute atomic E-state index is 0.203. The molecule has 116 valence electrons. The number of rotatable bonds is 5. The number of thioether (sulfide) groups is 1. The van der Waals surface area contributed by atoms with Crippen LogP contribution in [0.5, 0.6) is 0 Å². The van der Waals surface area contributed by atoms with Crippen LogP contribution in [-0.4, -0.2) is 41.0 Å². The second-order valence-corrected chi connectivity index (χ2v) is 7.78. The first-order chi connectivity index (χ1) is 9.87. The summed E-state index contributed by atoms with van der Waals surface area (Å²) < 4.78 is 39.6. The lowest BCUT2D eigenvalue weighted by Gasteiger charge is -2.26. The number of hydrogen-bond acceptors (Lipinski definition) is 4. The van der Waals surface area contributed by atoms with E-state index in [1.165, 1.54) is 23.9 Å². The van der Waals surface area contributed by atoms with Crippen molar-refractivity contribution >= 4 is 27.8 Å². The van der Waals surface area contributed by atoms with Crippen LogP contribution in [0.15, 0.2) is 29.2 Å². The normalized spacial score (nSPS) is 23.3. The topological polar surface area (TPSA) is 74.7 Å². The molecule has 2 unspecified atom stereocenters. The second-order valence-electron chi connectivity index (χ2n) is 4.72. The van der Waals surface area contributed by atoms with Gasteiger partial charge in [0.05, 0.1) is 10.3 Å². The molecule has 1 heterocycles. The third-order valence-electron chi connectivity index (χ3n) is 3.23. The number of halogens is 1. The number of sulfonamides is 1. The molecule has 0 amide bonds. The molecule has 0 bridgehead atoms. The first-order valence-corrected chi connectivity index (χ1v) is 9.00. The Labute approximate surface area is 127 Å². The Bertz CT molecular complexity index is 635. The van der Waals surface area contributed by atoms with Gasteiger partial charge in [0.25, 0.3) is 0 Å². The van der Waals surface area contributed by atoms with Crippen LogP contribution in [0.25, 0.3) is 0 Å². The maximum atomic E-state index is 13.3. The number of benzene rings is 1. The number of aliphatic carboxylic acids is 1. The molecule has 8 heteroatoms. The number of carboxylic acids is 1. The van der Waals surface area contributed by atoms with E-state index in [1.54, 1.807) is 0 Å². The molecule has 1 aromatic rings. The van der Waals surface area contributed by atoms with E-state index in [0.29, 0.717) is 6.42 Å². The Morgan fingerprint density at radius 2 is 2.24 bits per heavy atom. The van der Waals surface area contributed by atoms with Crippen LogP contribution in [0.4, 0.5) is 4.39 Å². The summed E-state index contributed by atoms with van der Waals surface area (Å²) >= 11 is 1.31. The van der Waals surface area contributed by atoms with E-state index in [-0.39, 0.29) is 10.6 Å². The van der Waals surface area contributed by atoms with Crippen molar-refractivity contribution in [3.05, 3.63) is 30.1 Å². The van der Waals surface area contributed by atoms with Gasteiger partial charge < -0.3 is 5.11 Å². The minimum atomic E-state index is -4.04. The Hall–Kier alpha value is -1.12. The number of nitrogens with zero attached hydrogens (tertiary/aromatic N) is 1. The lowest BCUT2D eigenvalue weighted by Crippen LogP contribution is -2.45. The predicted octanol–water partition coefficient (Wildman–Crippen LogP) is 2.14. The van der Waals surface area contributed by atoms with Gasteiger partial charge in [-0.05, 0) is 24.6 Å². The van der Waals surface area contributed by atoms with Crippen LogP contribution < -0.4 is 0 Å². The molecule has 1 aliphatic heterocycles. The van der Waals surface area contributed by atoms with E-state index in [4.69, 9.17) is 0 Å². The van der Waals surface area contributed by atoms with Gasteiger partial charge in [-0.3, -0.25) is 4.79 Å². The number of carbonyl (C=O) groups is 1. The fraction of sp³-hybridized carbons (Fsp3) is 0.462. The highest BCUT2D eigenvalue weighted by Crippen LogP contribution is 2.37. The quantitative estimate of drug-likeness (QED) is 0.893. The first-order valence-electron chi connectivity index (χ1n) is 6.51. The van der Waals surface area contributed by atoms with Crippen molar-refractivity contribution < 1.29 is 22.7 Å². The maximum absolute atomic E-state index is 13.3. The summed E-state index contributed by atoms with van der Waals surface area (Å²) in [5.74, 6) is -1.64. The number of hydrogen-bond donors (Lipinski definition) is 1. The van der Waals surface area contributed by atoms with Crippen LogP contribution in [0.1, 0.15) is 19.8 Å². The van der Waals surface area contributed by atoms with E-state index in [2.05, 4.69) is 0 Å². The zero-order chi connectivity index (χ0) is 15.6. The van der Waals surface area contributed by atoms with E-state index in [9.17, 15) is 22.7 Å². The van der Waals surface area contributed by atoms with Crippen LogP contribution in [0.2, 0.25) is 0 Å². The van der Waals surface area contributed by atoms with Crippen LogP contribution in [0.3, 0.4) is 0 Å². The van der Waals surface area contributed by atoms with Crippen molar-refractivity contribution in [3.8, 4) is 0 Å². The zero-order valence-electron chi connectivity index (χ0n) is 11.4. The standard InChI is InChI=1S/C13H16FNO4S2/c1-2-4-12-15(11(8-20-12)13(16)17)21(18,19)10-6-3-5-9(14)7-10/h3,5-7,11-12H,2,4,8H2,1H3,(H,16,17). The largest absolute Gasteiger partial charge is 0.480 e. The SMILES string of the molecule is CCCC1SCC(C(=O)O)N1S(=O)(=O)c1cccc(F)c1. The summed E-state index contributed by atoms with van der Waals surface area (Å²) in [4.78, 5) is 11.1. The maximum Gasteiger partial charge on any atom is 0.322 e. The van der Waals surface area contributed by atoms with Gasteiger partial charge in [0.1, 0.15) is 11.9 Å². The molecule has 1 N–H and O–H groups in total. The van der Waals surface area contributed by atoms with Crippen LogP contribution in [-0.2, 0) is 14.8 Å². The molecule has 0 saturated carbocycles. The van der Waals surface area contributed by atoms with Crippen molar-refractivity contribution in [2.24, 2.45) is 0 Å². The van der Waals surface area contributed by atoms with Gasteiger partial charge in [0.15, 0.2) is 0 Å². The van der Waals surface area contributed by atoms with Crippen molar-refractivity contribution in [3.63, 3.8) is 0 Å². The monoisotopic (exact) mass is 333 g/mol. The van der Waals surface area contributed by atoms with Gasteiger partial charge >= 0.3 is 5.97 Å². The predicted molar refractivity (Wildman–Crippen MR) is 78.0 cm³/mol. The van der Waals surface area contributed by atoms with E-state index in [0.717, 1.165) is 22.9 Å². The molecular formula is C13H16FNO4S2. The molecule has 0 aliphatic carbocycles. The van der Waals surface area contributed by atoms with Gasteiger partial charge in [-0.25, -0.2) is 12.8 Å². The molecule has 2 atom stereocenters. The molecule has 0 aromatic heterocycles. The molecule has 0 spiro atoms. The van der Waals surface area contributed by atoms with Crippen molar-refractivity contribution in [1.29, 1.82) is 0 Å². The van der Waals surface area contributed by atoms with Gasteiger partial charge in [-0.2, -0.15) is 4.31 Å². The summed E-state index contributed by atoms with van der Waals surface area (Å²) in [5, 5.41) is 8.81. The van der Waals surface area contributed by atoms with Gasteiger partial charge in [0.2, 0.25) is 10.0 Å². The molecule has 1 aliphatic rings. The average Bonchev–Trinajstić information content (AvgIpc) is 2.84. The first kappa shape index (κ1) is 16.3. The highest BCUT2D eigenvalue weighted by molar-refractivity contribution is 8.01. The summed E-state index contributed by atoms with van der Waals surface area (Å²) in [6.07, 6.45) is 1.29. The molecule has 21 heavy (non-hydrogen) atoms. The Kier molecular flexibility index (Phi) is 4.90. The third-order valence-corrected chi connectivity index (χ3v) is 6.63. The summed E-state index contributed by atoms with van der Waals surface area (Å²) in [6, 6.07) is 3.54. The lowest BCUT2D eigenvalue weighted by molar-refractivity contribution is -0.140. The fourth-order valence-electron chi connectivity index (χ4n) is 2.26. The van der Waals surface area contributed by atoms with E-state index >= 15 is 0 Å². The van der Waals surface area contributed by atoms with Crippen LogP contribution in [0, 0.1) is 5.82 Å². The molecule has 1 fully saturated rings. The molecule has 5 nitrogen and oxygen atoms in total. The van der Waals surface area contributed by atoms with Crippen molar-refractivity contribution in [2.45, 2.75) is 36.1 Å². The Balaban J connectivity index is 2.45. The van der Waals surface area contributed by atoms with Gasteiger partial charge in [0, 0.05) is 5.75 Å². The highest BCUT2D eigenvalue weighted by Gasteiger charge is 2.45. The number of carboxylic acid groups (broad SMARTS) is 1. The van der Waals surface area contributed by atoms with Gasteiger partial charge in [-0.1, -0.05) is 19.4 Å². The third kappa shape index (κ3) is 3.22. The van der Waals surface area contributed by atoms with Crippen molar-refractivity contribution in [1.82, 2.24) is 4.31 Å². The Morgan fingerprint density at radius 1 is 1.52 bits per heavy atom. The van der Waals surface area contributed by atoms with E-state index < -0.39 is 33.2 Å². The second kappa shape index (κ2) is 6.33. The lowest BCUT2D eigenvalue weighted by atomic mass is 10.3. The molecule has 0 radical (unpaired) electrons. The summed E-state index contributed by atoms with van der Waals surface area (Å²) in [6.45, 7) is 1.90. The minimum Gasteiger partial charge on any atom is -0.480 e. The summed E-state index contributed by atoms with van der Waals surface area (Å²) in [5.41, 5.74) is 0. The van der Waals surface area contributed by atoms with E-state index in [1.807, 2.05) is 6.92 Å². The van der Waals surface area contributed by atoms with Gasteiger partial charge in [-0.15, -0.1) is 11.8 Å². The zero-order valence-corrected chi connectivity index (χ0v) is 13.0.